The molecular formula is C19H24N2O4S. The average molecular weight is 376 g/mol. The van der Waals surface area contributed by atoms with E-state index >= 15 is 0 Å². The van der Waals surface area contributed by atoms with E-state index in [1.165, 1.54) is 11.4 Å². The van der Waals surface area contributed by atoms with Gasteiger partial charge in [-0.1, -0.05) is 30.3 Å². The lowest BCUT2D eigenvalue weighted by atomic mass is 10.1. The molecule has 0 amide bonds. The molecule has 140 valence electrons. The highest BCUT2D eigenvalue weighted by Crippen LogP contribution is 2.21. The van der Waals surface area contributed by atoms with Gasteiger partial charge in [0.1, 0.15) is 0 Å². The van der Waals surface area contributed by atoms with Crippen LogP contribution < -0.4 is 4.31 Å². The molecule has 0 bridgehead atoms. The molecule has 26 heavy (non-hydrogen) atoms. The number of nitrogens with zero attached hydrogens (tertiary/aromatic N) is 2. The van der Waals surface area contributed by atoms with Crippen LogP contribution in [0.15, 0.2) is 54.6 Å². The number of likely N-dealkylation sites (N-methyl/N-ethyl adjacent to an activating group) is 1. The fraction of sp³-hybridized carbons (Fsp3) is 0.316. The zero-order chi connectivity index (χ0) is 19.2. The molecule has 2 rings (SSSR count). The molecule has 0 saturated heterocycles. The zero-order valence-corrected chi connectivity index (χ0v) is 16.1. The number of methoxy groups -OCH3 is 1. The molecule has 0 aromatic heterocycles. The third-order valence-corrected chi connectivity index (χ3v) is 5.62. The fourth-order valence-corrected chi connectivity index (χ4v) is 4.03. The standard InChI is InChI=1S/C19H24N2O4S/c1-20(2)13-14-21(18-7-5-4-6-8-18)26(23,24)15-16-9-11-17(12-10-16)19(22)25-3/h4-12H,13-15H2,1-3H3. The predicted molar refractivity (Wildman–Crippen MR) is 103 cm³/mol. The first-order chi connectivity index (χ1) is 12.3. The monoisotopic (exact) mass is 376 g/mol. The smallest absolute Gasteiger partial charge is 0.337 e. The van der Waals surface area contributed by atoms with Gasteiger partial charge in [0.2, 0.25) is 10.0 Å². The molecule has 0 spiro atoms. The first kappa shape index (κ1) is 19.9. The number of carbonyl (C=O) groups excluding carboxylic acids is 1. The lowest BCUT2D eigenvalue weighted by molar-refractivity contribution is 0.0600. The molecule has 0 saturated carbocycles. The third-order valence-electron chi connectivity index (χ3n) is 3.85. The fourth-order valence-electron chi connectivity index (χ4n) is 2.46. The van der Waals surface area contributed by atoms with Crippen LogP contribution in [-0.4, -0.2) is 53.6 Å². The van der Waals surface area contributed by atoms with E-state index in [4.69, 9.17) is 0 Å². The molecule has 0 fully saturated rings. The maximum Gasteiger partial charge on any atom is 0.337 e. The SMILES string of the molecule is COC(=O)c1ccc(CS(=O)(=O)N(CCN(C)C)c2ccccc2)cc1. The van der Waals surface area contributed by atoms with Gasteiger partial charge < -0.3 is 9.64 Å². The van der Waals surface area contributed by atoms with Crippen molar-refractivity contribution < 1.29 is 17.9 Å². The van der Waals surface area contributed by atoms with Crippen LogP contribution in [-0.2, 0) is 20.5 Å². The highest BCUT2D eigenvalue weighted by atomic mass is 32.2. The summed E-state index contributed by atoms with van der Waals surface area (Å²) >= 11 is 0. The van der Waals surface area contributed by atoms with Crippen molar-refractivity contribution in [2.45, 2.75) is 5.75 Å². The number of carbonyl (C=O) groups is 1. The summed E-state index contributed by atoms with van der Waals surface area (Å²) in [5.74, 6) is -0.590. The maximum absolute atomic E-state index is 13.0. The number of anilines is 1. The van der Waals surface area contributed by atoms with Gasteiger partial charge in [-0.25, -0.2) is 13.2 Å². The van der Waals surface area contributed by atoms with Crippen LogP contribution in [0.25, 0.3) is 0 Å². The number of sulfonamides is 1. The van der Waals surface area contributed by atoms with E-state index in [-0.39, 0.29) is 5.75 Å². The van der Waals surface area contributed by atoms with Crippen molar-refractivity contribution in [2.75, 3.05) is 38.6 Å². The Bertz CT molecular complexity index is 818. The molecular weight excluding hydrogens is 352 g/mol. The first-order valence-corrected chi connectivity index (χ1v) is 9.82. The van der Waals surface area contributed by atoms with Crippen molar-refractivity contribution in [1.82, 2.24) is 4.90 Å². The number of rotatable bonds is 8. The molecule has 2 aromatic rings. The number of hydrogen-bond acceptors (Lipinski definition) is 5. The molecule has 2 aromatic carbocycles. The van der Waals surface area contributed by atoms with Gasteiger partial charge >= 0.3 is 5.97 Å². The highest BCUT2D eigenvalue weighted by Gasteiger charge is 2.23. The molecule has 7 heteroatoms. The molecule has 0 aliphatic carbocycles. The molecule has 0 unspecified atom stereocenters. The number of benzene rings is 2. The number of para-hydroxylation sites is 1. The molecule has 6 nitrogen and oxygen atoms in total. The second kappa shape index (κ2) is 8.82. The summed E-state index contributed by atoms with van der Waals surface area (Å²) < 4.78 is 32.1. The first-order valence-electron chi connectivity index (χ1n) is 8.21. The van der Waals surface area contributed by atoms with Gasteiger partial charge in [0.25, 0.3) is 0 Å². The van der Waals surface area contributed by atoms with Crippen molar-refractivity contribution in [3.05, 3.63) is 65.7 Å². The second-order valence-corrected chi connectivity index (χ2v) is 8.05. The van der Waals surface area contributed by atoms with Crippen molar-refractivity contribution in [1.29, 1.82) is 0 Å². The van der Waals surface area contributed by atoms with Crippen LogP contribution >= 0.6 is 0 Å². The van der Waals surface area contributed by atoms with E-state index in [9.17, 15) is 13.2 Å². The Balaban J connectivity index is 2.24. The maximum atomic E-state index is 13.0. The Morgan fingerprint density at radius 2 is 1.58 bits per heavy atom. The normalized spacial score (nSPS) is 11.4. The van der Waals surface area contributed by atoms with E-state index in [0.717, 1.165) is 0 Å². The third kappa shape index (κ3) is 5.31. The summed E-state index contributed by atoms with van der Waals surface area (Å²) in [6, 6.07) is 15.5. The minimum absolute atomic E-state index is 0.142. The number of esters is 1. The summed E-state index contributed by atoms with van der Waals surface area (Å²) in [5.41, 5.74) is 1.64. The summed E-state index contributed by atoms with van der Waals surface area (Å²) in [7, 11) is 1.54. The minimum Gasteiger partial charge on any atom is -0.465 e. The highest BCUT2D eigenvalue weighted by molar-refractivity contribution is 7.92. The molecule has 0 radical (unpaired) electrons. The Morgan fingerprint density at radius 1 is 0.962 bits per heavy atom. The Morgan fingerprint density at radius 3 is 2.12 bits per heavy atom. The predicted octanol–water partition coefficient (Wildman–Crippen LogP) is 2.37. The quantitative estimate of drug-likeness (QED) is 0.662. The zero-order valence-electron chi connectivity index (χ0n) is 15.3. The van der Waals surface area contributed by atoms with Gasteiger partial charge in [0.15, 0.2) is 0 Å². The van der Waals surface area contributed by atoms with Crippen LogP contribution in [0.1, 0.15) is 15.9 Å². The van der Waals surface area contributed by atoms with Gasteiger partial charge in [-0.2, -0.15) is 0 Å². The molecule has 0 heterocycles. The van der Waals surface area contributed by atoms with Crippen LogP contribution in [0.3, 0.4) is 0 Å². The largest absolute Gasteiger partial charge is 0.465 e. The van der Waals surface area contributed by atoms with Gasteiger partial charge in [0, 0.05) is 13.1 Å². The van der Waals surface area contributed by atoms with Crippen molar-refractivity contribution in [3.8, 4) is 0 Å². The van der Waals surface area contributed by atoms with E-state index in [1.54, 1.807) is 36.4 Å². The number of hydrogen-bond donors (Lipinski definition) is 0. The van der Waals surface area contributed by atoms with E-state index < -0.39 is 16.0 Å². The summed E-state index contributed by atoms with van der Waals surface area (Å²) in [4.78, 5) is 13.4. The molecule has 0 atom stereocenters. The van der Waals surface area contributed by atoms with Crippen LogP contribution in [0.5, 0.6) is 0 Å². The molecule has 0 aliphatic rings. The van der Waals surface area contributed by atoms with Crippen LogP contribution in [0.2, 0.25) is 0 Å². The molecule has 0 aliphatic heterocycles. The number of ether oxygens (including phenoxy) is 1. The van der Waals surface area contributed by atoms with Crippen LogP contribution in [0.4, 0.5) is 5.69 Å². The van der Waals surface area contributed by atoms with Crippen molar-refractivity contribution >= 4 is 21.7 Å². The van der Waals surface area contributed by atoms with Gasteiger partial charge in [0.05, 0.1) is 24.1 Å². The molecule has 0 N–H and O–H groups in total. The van der Waals surface area contributed by atoms with E-state index in [1.807, 2.05) is 37.2 Å². The van der Waals surface area contributed by atoms with Gasteiger partial charge in [-0.3, -0.25) is 4.31 Å². The lowest BCUT2D eigenvalue weighted by Gasteiger charge is -2.26. The average Bonchev–Trinajstić information content (AvgIpc) is 2.62. The topological polar surface area (TPSA) is 66.9 Å². The Labute approximate surface area is 155 Å². The van der Waals surface area contributed by atoms with E-state index in [0.29, 0.717) is 29.9 Å². The van der Waals surface area contributed by atoms with Crippen molar-refractivity contribution in [3.63, 3.8) is 0 Å². The van der Waals surface area contributed by atoms with Crippen molar-refractivity contribution in [2.24, 2.45) is 0 Å². The Kier molecular flexibility index (Phi) is 6.76. The van der Waals surface area contributed by atoms with E-state index in [2.05, 4.69) is 4.74 Å². The lowest BCUT2D eigenvalue weighted by Crippen LogP contribution is -2.37. The van der Waals surface area contributed by atoms with Gasteiger partial charge in [-0.05, 0) is 43.9 Å². The summed E-state index contributed by atoms with van der Waals surface area (Å²) in [5, 5.41) is 0. The summed E-state index contributed by atoms with van der Waals surface area (Å²) in [6.45, 7) is 0.967. The summed E-state index contributed by atoms with van der Waals surface area (Å²) in [6.07, 6.45) is 0. The second-order valence-electron chi connectivity index (χ2n) is 6.16. The van der Waals surface area contributed by atoms with Crippen LogP contribution in [0, 0.1) is 0 Å². The van der Waals surface area contributed by atoms with Gasteiger partial charge in [-0.15, -0.1) is 0 Å². The Hall–Kier alpha value is -2.38. The minimum atomic E-state index is -3.57.